The van der Waals surface area contributed by atoms with Gasteiger partial charge in [-0.15, -0.1) is 0 Å². The number of carbonyl (C=O) groups excluding carboxylic acids is 2. The first-order chi connectivity index (χ1) is 14.5. The summed E-state index contributed by atoms with van der Waals surface area (Å²) in [6.07, 6.45) is 13.0. The molecule has 0 bridgehead atoms. The normalized spacial score (nSPS) is 21.4. The summed E-state index contributed by atoms with van der Waals surface area (Å²) < 4.78 is 0. The number of piperidine rings is 2. The molecule has 0 aromatic heterocycles. The van der Waals surface area contributed by atoms with Crippen LogP contribution in [0.4, 0.5) is 0 Å². The Morgan fingerprint density at radius 3 is 1.40 bits per heavy atom. The molecule has 6 nitrogen and oxygen atoms in total. The summed E-state index contributed by atoms with van der Waals surface area (Å²) >= 11 is 0. The van der Waals surface area contributed by atoms with Crippen molar-refractivity contribution in [3.05, 3.63) is 23.5 Å². The van der Waals surface area contributed by atoms with Gasteiger partial charge in [-0.2, -0.15) is 0 Å². The van der Waals surface area contributed by atoms with Crippen molar-refractivity contribution in [2.45, 2.75) is 51.4 Å². The number of allylic oxidation sites excluding steroid dienone is 2. The fourth-order valence-electron chi connectivity index (χ4n) is 4.80. The van der Waals surface area contributed by atoms with Gasteiger partial charge in [-0.1, -0.05) is 12.8 Å². The lowest BCUT2D eigenvalue weighted by atomic mass is 10.0. The lowest BCUT2D eigenvalue weighted by molar-refractivity contribution is -0.117. The Morgan fingerprint density at radius 1 is 0.667 bits per heavy atom. The molecule has 0 atom stereocenters. The first-order valence-corrected chi connectivity index (χ1v) is 11.9. The van der Waals surface area contributed by atoms with Gasteiger partial charge in [-0.05, 0) is 77.8 Å². The quantitative estimate of drug-likeness (QED) is 0.510. The van der Waals surface area contributed by atoms with E-state index in [4.69, 9.17) is 0 Å². The minimum atomic E-state index is -0.0482. The molecule has 2 aliphatic heterocycles. The molecule has 30 heavy (non-hydrogen) atoms. The maximum atomic E-state index is 12.7. The molecular weight excluding hydrogens is 376 g/mol. The van der Waals surface area contributed by atoms with Crippen molar-refractivity contribution in [3.8, 4) is 0 Å². The van der Waals surface area contributed by atoms with Crippen LogP contribution in [0.15, 0.2) is 23.5 Å². The third-order valence-corrected chi connectivity index (χ3v) is 6.70. The van der Waals surface area contributed by atoms with E-state index in [1.54, 1.807) is 12.2 Å². The largest absolute Gasteiger partial charge is 0.371 e. The maximum absolute atomic E-state index is 12.7. The van der Waals surface area contributed by atoms with E-state index in [0.717, 1.165) is 39.0 Å². The van der Waals surface area contributed by atoms with Gasteiger partial charge in [0, 0.05) is 39.3 Å². The van der Waals surface area contributed by atoms with Crippen LogP contribution < -0.4 is 0 Å². The molecule has 2 saturated heterocycles. The maximum Gasteiger partial charge on any atom is 0.204 e. The number of ketones is 2. The second-order valence-electron chi connectivity index (χ2n) is 9.14. The molecule has 1 aliphatic carbocycles. The third-order valence-electron chi connectivity index (χ3n) is 6.70. The standard InChI is InChI=1S/C24H40N4O2/c1-25(11-9-17-27-13-5-3-6-14-27)21-19-24(30)22(20-23(21)29)26(2)12-10-18-28-15-7-4-8-16-28/h19-20H,3-18H2,1-2H3. The second kappa shape index (κ2) is 11.7. The van der Waals surface area contributed by atoms with Gasteiger partial charge in [0.25, 0.3) is 0 Å². The highest BCUT2D eigenvalue weighted by atomic mass is 16.1. The van der Waals surface area contributed by atoms with Gasteiger partial charge in [-0.25, -0.2) is 0 Å². The first-order valence-electron chi connectivity index (χ1n) is 11.9. The number of carbonyl (C=O) groups is 2. The first kappa shape index (κ1) is 23.0. The number of hydrogen-bond acceptors (Lipinski definition) is 6. The fraction of sp³-hybridized carbons (Fsp3) is 0.750. The van der Waals surface area contributed by atoms with E-state index in [1.165, 1.54) is 64.7 Å². The van der Waals surface area contributed by atoms with Crippen LogP contribution in [0.2, 0.25) is 0 Å². The Morgan fingerprint density at radius 2 is 1.03 bits per heavy atom. The van der Waals surface area contributed by atoms with E-state index in [1.807, 2.05) is 23.9 Å². The van der Waals surface area contributed by atoms with Crippen molar-refractivity contribution in [2.75, 3.05) is 66.5 Å². The molecule has 168 valence electrons. The molecule has 2 heterocycles. The summed E-state index contributed by atoms with van der Waals surface area (Å²) in [4.78, 5) is 34.3. The van der Waals surface area contributed by atoms with Gasteiger partial charge in [0.2, 0.25) is 11.6 Å². The molecule has 2 fully saturated rings. The Labute approximate surface area is 182 Å². The SMILES string of the molecule is CN(CCCN1CCCCC1)C1=CC(=O)C(N(C)CCCN2CCCCC2)=CC1=O. The van der Waals surface area contributed by atoms with Crippen molar-refractivity contribution in [1.82, 2.24) is 19.6 Å². The Bertz CT molecular complexity index is 590. The summed E-state index contributed by atoms with van der Waals surface area (Å²) in [5.74, 6) is -0.0964. The Hall–Kier alpha value is -1.66. The average Bonchev–Trinajstić information content (AvgIpc) is 2.76. The number of likely N-dealkylation sites (N-methyl/N-ethyl adjacent to an activating group) is 2. The highest BCUT2D eigenvalue weighted by Gasteiger charge is 2.25. The number of likely N-dealkylation sites (tertiary alicyclic amines) is 2. The zero-order valence-electron chi connectivity index (χ0n) is 19.1. The van der Waals surface area contributed by atoms with Crippen LogP contribution in [0.1, 0.15) is 51.4 Å². The van der Waals surface area contributed by atoms with E-state index in [0.29, 0.717) is 11.4 Å². The molecule has 3 rings (SSSR count). The van der Waals surface area contributed by atoms with E-state index in [9.17, 15) is 9.59 Å². The molecule has 0 aromatic rings. The minimum Gasteiger partial charge on any atom is -0.371 e. The van der Waals surface area contributed by atoms with E-state index in [2.05, 4.69) is 9.80 Å². The zero-order chi connectivity index (χ0) is 21.3. The molecule has 0 amide bonds. The predicted molar refractivity (Wildman–Crippen MR) is 121 cm³/mol. The number of nitrogens with zero attached hydrogens (tertiary/aromatic N) is 4. The molecular formula is C24H40N4O2. The van der Waals surface area contributed by atoms with E-state index in [-0.39, 0.29) is 11.6 Å². The van der Waals surface area contributed by atoms with Gasteiger partial charge in [0.1, 0.15) is 0 Å². The summed E-state index contributed by atoms with van der Waals surface area (Å²) in [6, 6.07) is 0. The summed E-state index contributed by atoms with van der Waals surface area (Å²) in [6.45, 7) is 8.52. The summed E-state index contributed by atoms with van der Waals surface area (Å²) in [5.41, 5.74) is 1.06. The van der Waals surface area contributed by atoms with Crippen LogP contribution in [0, 0.1) is 0 Å². The van der Waals surface area contributed by atoms with Gasteiger partial charge in [0.05, 0.1) is 11.4 Å². The van der Waals surface area contributed by atoms with Crippen LogP contribution in [0.25, 0.3) is 0 Å². The van der Waals surface area contributed by atoms with Gasteiger partial charge in [0.15, 0.2) is 0 Å². The van der Waals surface area contributed by atoms with E-state index < -0.39 is 0 Å². The molecule has 0 aromatic carbocycles. The third kappa shape index (κ3) is 6.67. The summed E-state index contributed by atoms with van der Waals surface area (Å²) in [7, 11) is 3.85. The zero-order valence-corrected chi connectivity index (χ0v) is 19.1. The highest BCUT2D eigenvalue weighted by Crippen LogP contribution is 2.18. The van der Waals surface area contributed by atoms with E-state index >= 15 is 0 Å². The fourth-order valence-corrected chi connectivity index (χ4v) is 4.80. The van der Waals surface area contributed by atoms with Gasteiger partial charge < -0.3 is 19.6 Å². The second-order valence-corrected chi connectivity index (χ2v) is 9.14. The average molecular weight is 417 g/mol. The molecule has 0 saturated carbocycles. The molecule has 0 spiro atoms. The van der Waals surface area contributed by atoms with Gasteiger partial charge >= 0.3 is 0 Å². The molecule has 0 unspecified atom stereocenters. The van der Waals surface area contributed by atoms with Crippen LogP contribution in [0.5, 0.6) is 0 Å². The smallest absolute Gasteiger partial charge is 0.204 e. The van der Waals surface area contributed by atoms with Crippen LogP contribution >= 0.6 is 0 Å². The highest BCUT2D eigenvalue weighted by molar-refractivity contribution is 6.19. The lowest BCUT2D eigenvalue weighted by Crippen LogP contribution is -2.35. The molecule has 0 radical (unpaired) electrons. The van der Waals surface area contributed by atoms with Crippen molar-refractivity contribution < 1.29 is 9.59 Å². The number of rotatable bonds is 10. The topological polar surface area (TPSA) is 47.1 Å². The predicted octanol–water partition coefficient (Wildman–Crippen LogP) is 2.52. The van der Waals surface area contributed by atoms with Crippen molar-refractivity contribution in [2.24, 2.45) is 0 Å². The molecule has 3 aliphatic rings. The lowest BCUT2D eigenvalue weighted by Gasteiger charge is -2.30. The minimum absolute atomic E-state index is 0.0482. The number of hydrogen-bond donors (Lipinski definition) is 0. The van der Waals surface area contributed by atoms with Crippen molar-refractivity contribution in [1.29, 1.82) is 0 Å². The Kier molecular flexibility index (Phi) is 8.94. The van der Waals surface area contributed by atoms with Crippen molar-refractivity contribution >= 4 is 11.6 Å². The Balaban J connectivity index is 1.42. The van der Waals surface area contributed by atoms with Crippen molar-refractivity contribution in [3.63, 3.8) is 0 Å². The van der Waals surface area contributed by atoms with Crippen LogP contribution in [-0.4, -0.2) is 97.6 Å². The van der Waals surface area contributed by atoms with Crippen LogP contribution in [0.3, 0.4) is 0 Å². The molecule has 0 N–H and O–H groups in total. The molecule has 6 heteroatoms. The monoisotopic (exact) mass is 416 g/mol. The van der Waals surface area contributed by atoms with Gasteiger partial charge in [-0.3, -0.25) is 9.59 Å². The summed E-state index contributed by atoms with van der Waals surface area (Å²) in [5, 5.41) is 0. The van der Waals surface area contributed by atoms with Crippen LogP contribution in [-0.2, 0) is 9.59 Å².